The molecule has 5 rings (SSSR count). The van der Waals surface area contributed by atoms with Crippen LogP contribution >= 0.6 is 0 Å². The van der Waals surface area contributed by atoms with E-state index in [1.807, 2.05) is 42.5 Å². The number of amides is 1. The van der Waals surface area contributed by atoms with E-state index in [-0.39, 0.29) is 26.3 Å². The van der Waals surface area contributed by atoms with E-state index in [9.17, 15) is 36.2 Å². The van der Waals surface area contributed by atoms with Crippen LogP contribution in [-0.4, -0.2) is 67.3 Å². The summed E-state index contributed by atoms with van der Waals surface area (Å²) in [6, 6.07) is 27.2. The second-order valence-corrected chi connectivity index (χ2v) is 12.1. The van der Waals surface area contributed by atoms with E-state index >= 15 is 0 Å². The van der Waals surface area contributed by atoms with E-state index < -0.39 is 48.4 Å². The number of carbonyl (C=O) groups is 1. The Morgan fingerprint density at radius 1 is 0.623 bits per heavy atom. The summed E-state index contributed by atoms with van der Waals surface area (Å²) in [5, 5.41) is 9.96. The number of rotatable bonds is 16. The van der Waals surface area contributed by atoms with Gasteiger partial charge in [0.25, 0.3) is 0 Å². The van der Waals surface area contributed by atoms with Crippen molar-refractivity contribution in [3.63, 3.8) is 0 Å². The molecule has 1 N–H and O–H groups in total. The van der Waals surface area contributed by atoms with Gasteiger partial charge in [-0.1, -0.05) is 66.7 Å². The van der Waals surface area contributed by atoms with Gasteiger partial charge in [0.15, 0.2) is 0 Å². The van der Waals surface area contributed by atoms with Crippen LogP contribution < -0.4 is 14.2 Å². The largest absolute Gasteiger partial charge is 0.573 e. The average Bonchev–Trinajstić information content (AvgIpc) is 3.11. The Bertz CT molecular complexity index is 1630. The van der Waals surface area contributed by atoms with Gasteiger partial charge in [0.2, 0.25) is 0 Å². The quantitative estimate of drug-likeness (QED) is 0.0899. The van der Waals surface area contributed by atoms with E-state index in [0.717, 1.165) is 40.3 Å². The van der Waals surface area contributed by atoms with Gasteiger partial charge in [-0.2, -0.15) is 0 Å². The number of hydrogen-bond acceptors (Lipinski definition) is 7. The smallest absolute Gasteiger partial charge is 0.494 e. The molecule has 0 bridgehead atoms. The summed E-state index contributed by atoms with van der Waals surface area (Å²) >= 11 is 0. The zero-order valence-corrected chi connectivity index (χ0v) is 28.2. The molecule has 0 radical (unpaired) electrons. The fourth-order valence-corrected chi connectivity index (χ4v) is 5.76. The Hall–Kier alpha value is -4.99. The van der Waals surface area contributed by atoms with E-state index in [0.29, 0.717) is 43.1 Å². The average molecular weight is 750 g/mol. The minimum absolute atomic E-state index is 0.0418. The zero-order valence-electron chi connectivity index (χ0n) is 28.2. The summed E-state index contributed by atoms with van der Waals surface area (Å²) in [6.45, 7) is 1.19. The van der Waals surface area contributed by atoms with Crippen molar-refractivity contribution >= 4 is 6.09 Å². The van der Waals surface area contributed by atoms with Crippen molar-refractivity contribution in [1.29, 1.82) is 0 Å². The number of benzene rings is 4. The van der Waals surface area contributed by atoms with E-state index in [1.54, 1.807) is 12.1 Å². The lowest BCUT2D eigenvalue weighted by molar-refractivity contribution is -0.275. The van der Waals surface area contributed by atoms with Crippen LogP contribution in [0.2, 0.25) is 0 Å². The molecule has 1 fully saturated rings. The van der Waals surface area contributed by atoms with Crippen LogP contribution in [0.1, 0.15) is 34.6 Å². The highest BCUT2D eigenvalue weighted by Crippen LogP contribution is 2.35. The summed E-state index contributed by atoms with van der Waals surface area (Å²) in [4.78, 5) is 13.3. The Labute approximate surface area is 301 Å². The van der Waals surface area contributed by atoms with Crippen LogP contribution in [0.4, 0.5) is 31.1 Å². The van der Waals surface area contributed by atoms with Crippen molar-refractivity contribution in [2.24, 2.45) is 0 Å². The van der Waals surface area contributed by atoms with Crippen LogP contribution in [0.5, 0.6) is 17.2 Å². The predicted molar refractivity (Wildman–Crippen MR) is 178 cm³/mol. The molecule has 1 saturated heterocycles. The molecule has 0 spiro atoms. The van der Waals surface area contributed by atoms with Crippen molar-refractivity contribution in [3.8, 4) is 17.2 Å². The lowest BCUT2D eigenvalue weighted by Gasteiger charge is -2.42. The van der Waals surface area contributed by atoms with Gasteiger partial charge in [-0.25, -0.2) is 4.79 Å². The summed E-state index contributed by atoms with van der Waals surface area (Å²) in [5.41, 5.74) is 2.85. The molecule has 0 saturated carbocycles. The Kier molecular flexibility index (Phi) is 13.4. The minimum Gasteiger partial charge on any atom is -0.494 e. The van der Waals surface area contributed by atoms with Gasteiger partial charge in [-0.15, -0.1) is 26.3 Å². The first-order valence-electron chi connectivity index (χ1n) is 16.6. The van der Waals surface area contributed by atoms with Crippen LogP contribution in [0, 0.1) is 0 Å². The van der Waals surface area contributed by atoms with Crippen LogP contribution in [0.3, 0.4) is 0 Å². The first-order valence-corrected chi connectivity index (χ1v) is 16.6. The molecule has 1 unspecified atom stereocenters. The third-order valence-electron chi connectivity index (χ3n) is 8.19. The van der Waals surface area contributed by atoms with Crippen LogP contribution in [0.15, 0.2) is 103 Å². The third-order valence-corrected chi connectivity index (χ3v) is 8.19. The monoisotopic (exact) mass is 749 g/mol. The molecule has 1 amide bonds. The Morgan fingerprint density at radius 3 is 1.57 bits per heavy atom. The number of nitrogens with zero attached hydrogens (tertiary/aromatic N) is 1. The van der Waals surface area contributed by atoms with Crippen LogP contribution in [0.25, 0.3) is 0 Å². The summed E-state index contributed by atoms with van der Waals surface area (Å²) < 4.78 is 108. The maximum absolute atomic E-state index is 12.6. The Morgan fingerprint density at radius 2 is 1.09 bits per heavy atom. The van der Waals surface area contributed by atoms with Crippen molar-refractivity contribution in [1.82, 2.24) is 4.90 Å². The summed E-state index contributed by atoms with van der Waals surface area (Å²) in [6.07, 6.45) is -11.8. The summed E-state index contributed by atoms with van der Waals surface area (Å²) in [7, 11) is 0. The number of likely N-dealkylation sites (tertiary alicyclic amines) is 1. The molecule has 1 heterocycles. The standard InChI is InChI=1S/C38H37F6NO8/c39-37(40,41)52-31-13-7-27(8-14-31)24-50-33-21-45(36(46)47)22-34(51-25-28-9-15-32(16-10-28)53-38(42,43)44)35(33)29-11-17-30(18-12-29)49-20-4-19-48-23-26-5-2-1-3-6-26/h1-3,5-18,33-35H,4,19-25H2,(H,46,47)/t33-,34+,35?. The molecule has 9 nitrogen and oxygen atoms in total. The molecule has 4 aromatic carbocycles. The fraction of sp³-hybridized carbons (Fsp3) is 0.342. The zero-order chi connectivity index (χ0) is 37.8. The molecule has 0 aromatic heterocycles. The first-order chi connectivity index (χ1) is 25.3. The van der Waals surface area contributed by atoms with E-state index in [2.05, 4.69) is 9.47 Å². The molecule has 1 aliphatic heterocycles. The van der Waals surface area contributed by atoms with Gasteiger partial charge >= 0.3 is 18.8 Å². The SMILES string of the molecule is O=C(O)N1C[C@H](OCc2ccc(OC(F)(F)F)cc2)C(c2ccc(OCCCOCc3ccccc3)cc2)[C@H](OCc2ccc(OC(F)(F)F)cc2)C1. The number of alkyl halides is 6. The van der Waals surface area contributed by atoms with Gasteiger partial charge in [0, 0.05) is 12.3 Å². The highest BCUT2D eigenvalue weighted by Gasteiger charge is 2.41. The number of halogens is 6. The van der Waals surface area contributed by atoms with Crippen molar-refractivity contribution in [2.75, 3.05) is 26.3 Å². The lowest BCUT2D eigenvalue weighted by Crippen LogP contribution is -2.54. The first kappa shape index (κ1) is 39.2. The third kappa shape index (κ3) is 12.9. The second kappa shape index (κ2) is 18.2. The van der Waals surface area contributed by atoms with Gasteiger partial charge in [-0.3, -0.25) is 0 Å². The van der Waals surface area contributed by atoms with E-state index in [1.165, 1.54) is 24.3 Å². The minimum atomic E-state index is -4.85. The van der Waals surface area contributed by atoms with Crippen molar-refractivity contribution < 1.29 is 64.7 Å². The number of carboxylic acid groups (broad SMARTS) is 1. The molecule has 15 heteroatoms. The normalized spacial score (nSPS) is 17.7. The predicted octanol–water partition coefficient (Wildman–Crippen LogP) is 8.72. The maximum Gasteiger partial charge on any atom is 0.573 e. The van der Waals surface area contributed by atoms with Gasteiger partial charge in [0.1, 0.15) is 17.2 Å². The van der Waals surface area contributed by atoms with Gasteiger partial charge in [0.05, 0.1) is 58.3 Å². The lowest BCUT2D eigenvalue weighted by atomic mass is 9.84. The number of piperidine rings is 1. The topological polar surface area (TPSA) is 95.9 Å². The maximum atomic E-state index is 12.6. The van der Waals surface area contributed by atoms with Gasteiger partial charge in [-0.05, 0) is 58.7 Å². The molecule has 284 valence electrons. The van der Waals surface area contributed by atoms with Crippen molar-refractivity contribution in [2.45, 2.75) is 57.1 Å². The Balaban J connectivity index is 1.28. The summed E-state index contributed by atoms with van der Waals surface area (Å²) in [5.74, 6) is -0.742. The second-order valence-electron chi connectivity index (χ2n) is 12.1. The van der Waals surface area contributed by atoms with Gasteiger partial charge < -0.3 is 38.4 Å². The molecule has 53 heavy (non-hydrogen) atoms. The number of hydrogen-bond donors (Lipinski definition) is 1. The van der Waals surface area contributed by atoms with Crippen molar-refractivity contribution in [3.05, 3.63) is 125 Å². The molecule has 0 aliphatic carbocycles. The van der Waals surface area contributed by atoms with Crippen LogP contribution in [-0.2, 0) is 34.0 Å². The number of ether oxygens (including phenoxy) is 6. The highest BCUT2D eigenvalue weighted by molar-refractivity contribution is 5.65. The highest BCUT2D eigenvalue weighted by atomic mass is 19.4. The molecule has 1 aliphatic rings. The molecule has 3 atom stereocenters. The van der Waals surface area contributed by atoms with E-state index in [4.69, 9.17) is 18.9 Å². The fourth-order valence-electron chi connectivity index (χ4n) is 5.76. The molecule has 4 aromatic rings. The molecular formula is C38H37F6NO8. The molecular weight excluding hydrogens is 712 g/mol.